The molecule has 0 amide bonds. The molecule has 1 unspecified atom stereocenters. The van der Waals surface area contributed by atoms with Gasteiger partial charge >= 0.3 is 0 Å². The number of hydrogen-bond donors (Lipinski definition) is 0. The summed E-state index contributed by atoms with van der Waals surface area (Å²) in [6, 6.07) is 4.05. The van der Waals surface area contributed by atoms with Crippen molar-refractivity contribution in [2.45, 2.75) is 37.8 Å². The molecule has 0 N–H and O–H groups in total. The molecule has 0 spiro atoms. The van der Waals surface area contributed by atoms with Crippen molar-refractivity contribution in [2.75, 3.05) is 20.0 Å². The normalized spacial score (nSPS) is 24.5. The summed E-state index contributed by atoms with van der Waals surface area (Å²) in [6.07, 6.45) is 4.21. The molecule has 0 radical (unpaired) electrons. The fraction of sp³-hybridized carbons (Fsp3) is 0.529. The molecule has 4 rings (SSSR count). The second-order valence-electron chi connectivity index (χ2n) is 5.84. The highest BCUT2D eigenvalue weighted by Gasteiger charge is 2.41. The highest BCUT2D eigenvalue weighted by atomic mass is 16.7. The lowest BCUT2D eigenvalue weighted by molar-refractivity contribution is -0.185. The van der Waals surface area contributed by atoms with Gasteiger partial charge in [-0.1, -0.05) is 6.08 Å². The van der Waals surface area contributed by atoms with Gasteiger partial charge in [-0.15, -0.1) is 6.58 Å². The molecule has 0 saturated carbocycles. The number of fused-ring (bicyclic) bond motifs is 2. The maximum atomic E-state index is 5.97. The van der Waals surface area contributed by atoms with E-state index in [1.165, 1.54) is 0 Å². The Kier molecular flexibility index (Phi) is 3.56. The summed E-state index contributed by atoms with van der Waals surface area (Å²) >= 11 is 0. The van der Waals surface area contributed by atoms with E-state index in [1.807, 2.05) is 18.2 Å². The fourth-order valence-electron chi connectivity index (χ4n) is 3.34. The van der Waals surface area contributed by atoms with Crippen molar-refractivity contribution in [1.82, 2.24) is 0 Å². The van der Waals surface area contributed by atoms with Crippen LogP contribution in [-0.2, 0) is 20.8 Å². The van der Waals surface area contributed by atoms with Crippen LogP contribution in [0, 0.1) is 0 Å². The van der Waals surface area contributed by atoms with Crippen molar-refractivity contribution in [3.05, 3.63) is 35.9 Å². The number of benzene rings is 1. The monoisotopic (exact) mass is 304 g/mol. The zero-order valence-electron chi connectivity index (χ0n) is 12.5. The molecule has 22 heavy (non-hydrogen) atoms. The Bertz CT molecular complexity index is 577. The quantitative estimate of drug-likeness (QED) is 0.782. The van der Waals surface area contributed by atoms with E-state index in [9.17, 15) is 0 Å². The van der Waals surface area contributed by atoms with Gasteiger partial charge in [0, 0.05) is 12.8 Å². The summed E-state index contributed by atoms with van der Waals surface area (Å²) < 4.78 is 28.7. The van der Waals surface area contributed by atoms with Gasteiger partial charge in [0.15, 0.2) is 17.3 Å². The van der Waals surface area contributed by atoms with Gasteiger partial charge < -0.3 is 23.7 Å². The molecule has 5 nitrogen and oxygen atoms in total. The lowest BCUT2D eigenvalue weighted by atomic mass is 9.96. The van der Waals surface area contributed by atoms with Gasteiger partial charge in [0.2, 0.25) is 6.79 Å². The topological polar surface area (TPSA) is 46.2 Å². The van der Waals surface area contributed by atoms with Gasteiger partial charge in [-0.05, 0) is 29.7 Å². The second-order valence-corrected chi connectivity index (χ2v) is 5.84. The number of rotatable bonds is 5. The minimum atomic E-state index is -0.559. The Morgan fingerprint density at radius 3 is 2.73 bits per heavy atom. The van der Waals surface area contributed by atoms with Crippen LogP contribution in [0.3, 0.4) is 0 Å². The molecule has 3 heterocycles. The van der Waals surface area contributed by atoms with Crippen LogP contribution in [0.15, 0.2) is 24.8 Å². The first kappa shape index (κ1) is 14.1. The summed E-state index contributed by atoms with van der Waals surface area (Å²) in [5, 5.41) is 0. The van der Waals surface area contributed by atoms with Crippen LogP contribution < -0.4 is 9.47 Å². The molecule has 1 atom stereocenters. The average Bonchev–Trinajstić information content (AvgIpc) is 3.24. The van der Waals surface area contributed by atoms with Crippen molar-refractivity contribution in [2.24, 2.45) is 0 Å². The lowest BCUT2D eigenvalue weighted by Crippen LogP contribution is -2.32. The molecule has 1 aromatic rings. The van der Waals surface area contributed by atoms with Gasteiger partial charge in [0.05, 0.1) is 25.9 Å². The summed E-state index contributed by atoms with van der Waals surface area (Å²) in [5.41, 5.74) is 2.31. The molecule has 3 aliphatic heterocycles. The van der Waals surface area contributed by atoms with Gasteiger partial charge in [0.25, 0.3) is 0 Å². The van der Waals surface area contributed by atoms with Gasteiger partial charge in [0.1, 0.15) is 0 Å². The van der Waals surface area contributed by atoms with E-state index in [1.54, 1.807) is 0 Å². The second kappa shape index (κ2) is 5.57. The third-order valence-electron chi connectivity index (χ3n) is 4.46. The van der Waals surface area contributed by atoms with Crippen molar-refractivity contribution in [1.29, 1.82) is 0 Å². The molecule has 0 bridgehead atoms. The standard InChI is InChI=1S/C17H20O5/c1-2-3-4-17(21-5-6-22-17)9-16-13-8-15-14(19-11-20-15)7-12(13)10-18-16/h2,7-8,16H,1,3-6,9-11H2. The van der Waals surface area contributed by atoms with Gasteiger partial charge in [-0.2, -0.15) is 0 Å². The molecule has 0 aromatic heterocycles. The number of allylic oxidation sites excluding steroid dienone is 1. The first-order valence-corrected chi connectivity index (χ1v) is 7.72. The molecular formula is C17H20O5. The van der Waals surface area contributed by atoms with E-state index in [4.69, 9.17) is 23.7 Å². The third-order valence-corrected chi connectivity index (χ3v) is 4.46. The maximum absolute atomic E-state index is 5.97. The molecule has 1 aromatic carbocycles. The minimum Gasteiger partial charge on any atom is -0.454 e. The smallest absolute Gasteiger partial charge is 0.231 e. The molecule has 0 aliphatic carbocycles. The lowest BCUT2D eigenvalue weighted by Gasteiger charge is -2.29. The van der Waals surface area contributed by atoms with E-state index in [2.05, 4.69) is 6.58 Å². The highest BCUT2D eigenvalue weighted by Crippen LogP contribution is 2.45. The van der Waals surface area contributed by atoms with Crippen molar-refractivity contribution >= 4 is 0 Å². The van der Waals surface area contributed by atoms with Gasteiger partial charge in [-0.3, -0.25) is 0 Å². The molecular weight excluding hydrogens is 284 g/mol. The summed E-state index contributed by atoms with van der Waals surface area (Å²) in [7, 11) is 0. The van der Waals surface area contributed by atoms with Crippen molar-refractivity contribution in [3.63, 3.8) is 0 Å². The van der Waals surface area contributed by atoms with Crippen LogP contribution in [0.2, 0.25) is 0 Å². The Balaban J connectivity index is 1.56. The van der Waals surface area contributed by atoms with Crippen LogP contribution in [0.1, 0.15) is 36.5 Å². The predicted octanol–water partition coefficient (Wildman–Crippen LogP) is 3.09. The Morgan fingerprint density at radius 1 is 1.18 bits per heavy atom. The fourth-order valence-corrected chi connectivity index (χ4v) is 3.34. The van der Waals surface area contributed by atoms with E-state index in [0.29, 0.717) is 33.0 Å². The zero-order chi connectivity index (χ0) is 15.0. The summed E-state index contributed by atoms with van der Waals surface area (Å²) in [4.78, 5) is 0. The third kappa shape index (κ3) is 2.39. The summed E-state index contributed by atoms with van der Waals surface area (Å²) in [5.74, 6) is 1.04. The average molecular weight is 304 g/mol. The van der Waals surface area contributed by atoms with Gasteiger partial charge in [-0.25, -0.2) is 0 Å². The molecule has 1 saturated heterocycles. The highest BCUT2D eigenvalue weighted by molar-refractivity contribution is 5.50. The molecule has 5 heteroatoms. The number of ether oxygens (including phenoxy) is 5. The number of hydrogen-bond acceptors (Lipinski definition) is 5. The van der Waals surface area contributed by atoms with Crippen LogP contribution in [-0.4, -0.2) is 25.8 Å². The first-order valence-electron chi connectivity index (χ1n) is 7.72. The van der Waals surface area contributed by atoms with Crippen molar-refractivity contribution in [3.8, 4) is 11.5 Å². The van der Waals surface area contributed by atoms with Crippen LogP contribution >= 0.6 is 0 Å². The van der Waals surface area contributed by atoms with Crippen LogP contribution in [0.25, 0.3) is 0 Å². The van der Waals surface area contributed by atoms with Crippen molar-refractivity contribution < 1.29 is 23.7 Å². The Labute approximate surface area is 129 Å². The Morgan fingerprint density at radius 2 is 1.95 bits per heavy atom. The zero-order valence-corrected chi connectivity index (χ0v) is 12.5. The van der Waals surface area contributed by atoms with Crippen LogP contribution in [0.5, 0.6) is 11.5 Å². The van der Waals surface area contributed by atoms with E-state index in [0.717, 1.165) is 35.5 Å². The molecule has 1 fully saturated rings. The molecule has 3 aliphatic rings. The minimum absolute atomic E-state index is 0.0348. The summed E-state index contributed by atoms with van der Waals surface area (Å²) in [6.45, 7) is 5.94. The predicted molar refractivity (Wildman–Crippen MR) is 78.8 cm³/mol. The largest absolute Gasteiger partial charge is 0.454 e. The van der Waals surface area contributed by atoms with Crippen LogP contribution in [0.4, 0.5) is 0 Å². The SMILES string of the molecule is C=CCCC1(CC2OCc3cc4c(cc32)OCO4)OCCO1. The van der Waals surface area contributed by atoms with E-state index < -0.39 is 5.79 Å². The van der Waals surface area contributed by atoms with E-state index in [-0.39, 0.29) is 6.10 Å². The Hall–Kier alpha value is -1.56. The molecule has 118 valence electrons. The maximum Gasteiger partial charge on any atom is 0.231 e. The first-order chi connectivity index (χ1) is 10.8. The van der Waals surface area contributed by atoms with E-state index >= 15 is 0 Å².